The van der Waals surface area contributed by atoms with Crippen molar-refractivity contribution in [2.24, 2.45) is 0 Å². The molecular weight excluding hydrogens is 273 g/mol. The van der Waals surface area contributed by atoms with Crippen molar-refractivity contribution in [2.75, 3.05) is 5.75 Å². The summed E-state index contributed by atoms with van der Waals surface area (Å²) in [5.74, 6) is 1.04. The van der Waals surface area contributed by atoms with Crippen LogP contribution in [-0.2, 0) is 12.6 Å². The van der Waals surface area contributed by atoms with Crippen LogP contribution in [0, 0.1) is 0 Å². The molecule has 1 nitrogen and oxygen atoms in total. The van der Waals surface area contributed by atoms with Crippen LogP contribution in [0.15, 0.2) is 24.3 Å². The Morgan fingerprint density at radius 1 is 1.32 bits per heavy atom. The van der Waals surface area contributed by atoms with E-state index in [1.165, 1.54) is 12.1 Å². The monoisotopic (exact) mass is 290 g/mol. The first kappa shape index (κ1) is 14.7. The van der Waals surface area contributed by atoms with Crippen molar-refractivity contribution in [2.45, 2.75) is 43.2 Å². The minimum Gasteiger partial charge on any atom is -0.388 e. The van der Waals surface area contributed by atoms with E-state index in [0.29, 0.717) is 12.8 Å². The Morgan fingerprint density at radius 3 is 2.47 bits per heavy atom. The fourth-order valence-electron chi connectivity index (χ4n) is 2.39. The van der Waals surface area contributed by atoms with Gasteiger partial charge in [-0.15, -0.1) is 0 Å². The summed E-state index contributed by atoms with van der Waals surface area (Å²) in [6.07, 6.45) is -2.23. The summed E-state index contributed by atoms with van der Waals surface area (Å²) in [6, 6.07) is 5.10. The number of hydrogen-bond acceptors (Lipinski definition) is 2. The molecule has 0 radical (unpaired) electrons. The lowest BCUT2D eigenvalue weighted by molar-refractivity contribution is -0.137. The Balaban J connectivity index is 2.11. The minimum atomic E-state index is -4.30. The van der Waals surface area contributed by atoms with Crippen LogP contribution in [0.5, 0.6) is 0 Å². The van der Waals surface area contributed by atoms with E-state index in [9.17, 15) is 18.3 Å². The average molecular weight is 290 g/mol. The van der Waals surface area contributed by atoms with E-state index in [0.717, 1.165) is 29.9 Å². The van der Waals surface area contributed by atoms with Gasteiger partial charge in [-0.25, -0.2) is 0 Å². The largest absolute Gasteiger partial charge is 0.416 e. The summed E-state index contributed by atoms with van der Waals surface area (Å²) < 4.78 is 37.4. The maximum Gasteiger partial charge on any atom is 0.416 e. The summed E-state index contributed by atoms with van der Waals surface area (Å²) in [7, 11) is 0. The fraction of sp³-hybridized carbons (Fsp3) is 0.571. The van der Waals surface area contributed by atoms with E-state index in [-0.39, 0.29) is 5.25 Å². The van der Waals surface area contributed by atoms with Crippen LogP contribution in [0.4, 0.5) is 13.2 Å². The number of thioether (sulfide) groups is 1. The summed E-state index contributed by atoms with van der Waals surface area (Å²) in [6.45, 7) is 1.98. The first-order chi connectivity index (χ1) is 8.81. The van der Waals surface area contributed by atoms with Gasteiger partial charge >= 0.3 is 6.18 Å². The van der Waals surface area contributed by atoms with Crippen molar-refractivity contribution in [1.29, 1.82) is 0 Å². The van der Waals surface area contributed by atoms with E-state index in [1.807, 2.05) is 6.92 Å². The first-order valence-electron chi connectivity index (χ1n) is 6.31. The van der Waals surface area contributed by atoms with E-state index in [4.69, 9.17) is 0 Å². The van der Waals surface area contributed by atoms with Crippen LogP contribution in [-0.4, -0.2) is 21.7 Å². The lowest BCUT2D eigenvalue weighted by Gasteiger charge is -2.37. The van der Waals surface area contributed by atoms with Crippen LogP contribution >= 0.6 is 11.8 Å². The molecule has 1 aliphatic rings. The highest BCUT2D eigenvalue weighted by molar-refractivity contribution is 8.00. The predicted octanol–water partition coefficient (Wildman–Crippen LogP) is 3.89. The van der Waals surface area contributed by atoms with Crippen molar-refractivity contribution in [3.63, 3.8) is 0 Å². The summed E-state index contributed by atoms with van der Waals surface area (Å²) in [4.78, 5) is 0. The lowest BCUT2D eigenvalue weighted by Crippen LogP contribution is -2.43. The Bertz CT molecular complexity index is 429. The Kier molecular flexibility index (Phi) is 4.16. The quantitative estimate of drug-likeness (QED) is 0.891. The molecule has 0 bridgehead atoms. The number of halogens is 3. The highest BCUT2D eigenvalue weighted by Gasteiger charge is 2.37. The molecule has 1 aromatic rings. The first-order valence-corrected chi connectivity index (χ1v) is 7.36. The van der Waals surface area contributed by atoms with E-state index in [2.05, 4.69) is 0 Å². The molecule has 106 valence electrons. The molecule has 5 heteroatoms. The molecule has 1 aliphatic heterocycles. The van der Waals surface area contributed by atoms with Crippen LogP contribution in [0.1, 0.15) is 30.9 Å². The van der Waals surface area contributed by atoms with Crippen LogP contribution in [0.3, 0.4) is 0 Å². The third kappa shape index (κ3) is 3.45. The average Bonchev–Trinajstić information content (AvgIpc) is 2.33. The predicted molar refractivity (Wildman–Crippen MR) is 71.3 cm³/mol. The number of alkyl halides is 3. The molecule has 1 aromatic carbocycles. The number of aliphatic hydroxyl groups is 1. The third-order valence-corrected chi connectivity index (χ3v) is 5.13. The minimum absolute atomic E-state index is 0.114. The summed E-state index contributed by atoms with van der Waals surface area (Å²) in [5, 5.41) is 10.7. The molecule has 1 fully saturated rings. The van der Waals surface area contributed by atoms with Crippen molar-refractivity contribution in [3.8, 4) is 0 Å². The molecule has 0 aromatic heterocycles. The molecule has 1 heterocycles. The van der Waals surface area contributed by atoms with E-state index < -0.39 is 17.3 Å². The third-order valence-electron chi connectivity index (χ3n) is 3.67. The molecule has 1 saturated heterocycles. The maximum atomic E-state index is 12.5. The molecule has 1 N–H and O–H groups in total. The maximum absolute atomic E-state index is 12.5. The van der Waals surface area contributed by atoms with Gasteiger partial charge in [-0.3, -0.25) is 0 Å². The van der Waals surface area contributed by atoms with Gasteiger partial charge < -0.3 is 5.11 Å². The summed E-state index contributed by atoms with van der Waals surface area (Å²) >= 11 is 1.72. The van der Waals surface area contributed by atoms with Gasteiger partial charge in [0.25, 0.3) is 0 Å². The second kappa shape index (κ2) is 5.37. The highest BCUT2D eigenvalue weighted by Crippen LogP contribution is 2.37. The zero-order chi connectivity index (χ0) is 14.1. The normalized spacial score (nSPS) is 28.4. The fourth-order valence-corrected chi connectivity index (χ4v) is 3.57. The molecule has 0 saturated carbocycles. The van der Waals surface area contributed by atoms with Crippen LogP contribution in [0.2, 0.25) is 0 Å². The molecule has 0 spiro atoms. The van der Waals surface area contributed by atoms with Crippen molar-refractivity contribution in [1.82, 2.24) is 0 Å². The SMILES string of the molecule is CC1SCCCC1(O)Cc1ccc(C(F)(F)F)cc1. The van der Waals surface area contributed by atoms with Gasteiger partial charge in [0.1, 0.15) is 0 Å². The number of benzene rings is 1. The van der Waals surface area contributed by atoms with Gasteiger partial charge in [0.2, 0.25) is 0 Å². The van der Waals surface area contributed by atoms with Crippen LogP contribution < -0.4 is 0 Å². The van der Waals surface area contributed by atoms with Gasteiger partial charge in [-0.1, -0.05) is 19.1 Å². The molecule has 2 unspecified atom stereocenters. The second-order valence-corrected chi connectivity index (χ2v) is 6.54. The molecule has 19 heavy (non-hydrogen) atoms. The number of rotatable bonds is 2. The molecule has 2 atom stereocenters. The Hall–Kier alpha value is -0.680. The zero-order valence-electron chi connectivity index (χ0n) is 10.7. The van der Waals surface area contributed by atoms with Gasteiger partial charge in [-0.05, 0) is 36.3 Å². The van der Waals surface area contributed by atoms with E-state index >= 15 is 0 Å². The molecule has 0 aliphatic carbocycles. The number of hydrogen-bond donors (Lipinski definition) is 1. The van der Waals surface area contributed by atoms with Crippen molar-refractivity contribution < 1.29 is 18.3 Å². The van der Waals surface area contributed by atoms with Gasteiger partial charge in [0.05, 0.1) is 11.2 Å². The van der Waals surface area contributed by atoms with E-state index in [1.54, 1.807) is 11.8 Å². The Morgan fingerprint density at radius 2 is 1.95 bits per heavy atom. The smallest absolute Gasteiger partial charge is 0.388 e. The van der Waals surface area contributed by atoms with Crippen LogP contribution in [0.25, 0.3) is 0 Å². The summed E-state index contributed by atoms with van der Waals surface area (Å²) in [5.41, 5.74) is -0.693. The van der Waals surface area contributed by atoms with Gasteiger partial charge in [0, 0.05) is 11.7 Å². The lowest BCUT2D eigenvalue weighted by atomic mass is 9.87. The highest BCUT2D eigenvalue weighted by atomic mass is 32.2. The zero-order valence-corrected chi connectivity index (χ0v) is 11.5. The molecule has 2 rings (SSSR count). The second-order valence-electron chi connectivity index (χ2n) is 5.09. The molecular formula is C14H17F3OS. The van der Waals surface area contributed by atoms with Crippen molar-refractivity contribution in [3.05, 3.63) is 35.4 Å². The van der Waals surface area contributed by atoms with Crippen molar-refractivity contribution >= 4 is 11.8 Å². The standard InChI is InChI=1S/C14H17F3OS/c1-10-13(18,7-2-8-19-10)9-11-3-5-12(6-4-11)14(15,16)17/h3-6,10,18H,2,7-9H2,1H3. The molecule has 0 amide bonds. The van der Waals surface area contributed by atoms with Gasteiger partial charge in [-0.2, -0.15) is 24.9 Å². The van der Waals surface area contributed by atoms with Gasteiger partial charge in [0.15, 0.2) is 0 Å². The Labute approximate surface area is 115 Å². The topological polar surface area (TPSA) is 20.2 Å².